The Balaban J connectivity index is 1.35. The van der Waals surface area contributed by atoms with E-state index < -0.39 is 0 Å². The number of morpholine rings is 1. The molecule has 2 aliphatic rings. The molecule has 0 aromatic carbocycles. The lowest BCUT2D eigenvalue weighted by molar-refractivity contribution is -0.125. The molecule has 1 unspecified atom stereocenters. The molecule has 0 saturated carbocycles. The minimum Gasteiger partial charge on any atom is -0.379 e. The Hall–Kier alpha value is -1.40. The van der Waals surface area contributed by atoms with Crippen LogP contribution in [0.2, 0.25) is 0 Å². The molecular formula is C15H24N4O2. The maximum absolute atomic E-state index is 12.2. The number of imidazole rings is 1. The summed E-state index contributed by atoms with van der Waals surface area (Å²) in [6.45, 7) is 6.42. The number of amides is 1. The minimum absolute atomic E-state index is 0.109. The zero-order valence-electron chi connectivity index (χ0n) is 12.5. The predicted molar refractivity (Wildman–Crippen MR) is 78.9 cm³/mol. The van der Waals surface area contributed by atoms with Gasteiger partial charge in [0.25, 0.3) is 0 Å². The molecule has 1 atom stereocenters. The summed E-state index contributed by atoms with van der Waals surface area (Å²) in [6.07, 6.45) is 6.47. The van der Waals surface area contributed by atoms with Gasteiger partial charge in [-0.2, -0.15) is 0 Å². The van der Waals surface area contributed by atoms with Crippen molar-refractivity contribution < 1.29 is 9.53 Å². The summed E-state index contributed by atoms with van der Waals surface area (Å²) in [5.74, 6) is 0.307. The number of aryl methyl sites for hydroxylation is 1. The zero-order chi connectivity index (χ0) is 14.5. The van der Waals surface area contributed by atoms with Crippen LogP contribution in [-0.4, -0.2) is 59.8 Å². The molecule has 21 heavy (non-hydrogen) atoms. The van der Waals surface area contributed by atoms with Crippen LogP contribution in [0.25, 0.3) is 0 Å². The van der Waals surface area contributed by atoms with Gasteiger partial charge >= 0.3 is 0 Å². The van der Waals surface area contributed by atoms with E-state index in [1.165, 1.54) is 5.69 Å². The minimum atomic E-state index is 0.109. The molecule has 3 rings (SSSR count). The summed E-state index contributed by atoms with van der Waals surface area (Å²) < 4.78 is 7.47. The first-order valence-electron chi connectivity index (χ1n) is 7.90. The molecule has 2 aliphatic heterocycles. The molecule has 1 aromatic rings. The van der Waals surface area contributed by atoms with Crippen molar-refractivity contribution in [2.24, 2.45) is 5.92 Å². The molecule has 1 fully saturated rings. The summed E-state index contributed by atoms with van der Waals surface area (Å²) in [7, 11) is 0. The van der Waals surface area contributed by atoms with Gasteiger partial charge in [-0.15, -0.1) is 0 Å². The van der Waals surface area contributed by atoms with Crippen LogP contribution in [0.3, 0.4) is 0 Å². The maximum Gasteiger partial charge on any atom is 0.223 e. The van der Waals surface area contributed by atoms with Gasteiger partial charge in [-0.05, 0) is 19.4 Å². The van der Waals surface area contributed by atoms with E-state index in [-0.39, 0.29) is 11.8 Å². The molecule has 0 spiro atoms. The van der Waals surface area contributed by atoms with Crippen molar-refractivity contribution in [1.29, 1.82) is 0 Å². The molecule has 1 N–H and O–H groups in total. The van der Waals surface area contributed by atoms with E-state index in [0.717, 1.165) is 65.2 Å². The van der Waals surface area contributed by atoms with Crippen LogP contribution in [-0.2, 0) is 22.5 Å². The van der Waals surface area contributed by atoms with Gasteiger partial charge in [-0.25, -0.2) is 4.98 Å². The lowest BCUT2D eigenvalue weighted by Gasteiger charge is -2.27. The van der Waals surface area contributed by atoms with E-state index in [1.807, 2.05) is 12.5 Å². The van der Waals surface area contributed by atoms with E-state index >= 15 is 0 Å². The Morgan fingerprint density at radius 1 is 1.38 bits per heavy atom. The van der Waals surface area contributed by atoms with Gasteiger partial charge in [0.05, 0.1) is 19.5 Å². The molecule has 0 aliphatic carbocycles. The number of fused-ring (bicyclic) bond motifs is 1. The highest BCUT2D eigenvalue weighted by atomic mass is 16.5. The number of aromatic nitrogens is 2. The highest BCUT2D eigenvalue weighted by Gasteiger charge is 2.24. The van der Waals surface area contributed by atoms with Gasteiger partial charge in [0, 0.05) is 50.4 Å². The molecule has 1 aromatic heterocycles. The molecule has 3 heterocycles. The van der Waals surface area contributed by atoms with Gasteiger partial charge in [-0.1, -0.05) is 0 Å². The first-order valence-corrected chi connectivity index (χ1v) is 7.90. The Morgan fingerprint density at radius 3 is 3.10 bits per heavy atom. The first kappa shape index (κ1) is 14.5. The Labute approximate surface area is 125 Å². The summed E-state index contributed by atoms with van der Waals surface area (Å²) in [4.78, 5) is 18.7. The van der Waals surface area contributed by atoms with E-state index in [0.29, 0.717) is 0 Å². The van der Waals surface area contributed by atoms with Gasteiger partial charge in [0.2, 0.25) is 5.91 Å². The third kappa shape index (κ3) is 3.83. The highest BCUT2D eigenvalue weighted by Crippen LogP contribution is 2.19. The van der Waals surface area contributed by atoms with E-state index in [4.69, 9.17) is 4.74 Å². The smallest absolute Gasteiger partial charge is 0.223 e. The summed E-state index contributed by atoms with van der Waals surface area (Å²) in [6, 6.07) is 0. The fraction of sp³-hybridized carbons (Fsp3) is 0.733. The third-order valence-electron chi connectivity index (χ3n) is 4.40. The SMILES string of the molecule is O=C(NCCCN1CCOCC1)C1CCn2cncc2C1. The second kappa shape index (κ2) is 7.04. The average molecular weight is 292 g/mol. The van der Waals surface area contributed by atoms with Crippen LogP contribution < -0.4 is 5.32 Å². The number of nitrogens with one attached hydrogen (secondary N) is 1. The largest absolute Gasteiger partial charge is 0.379 e. The van der Waals surface area contributed by atoms with Gasteiger partial charge < -0.3 is 14.6 Å². The molecule has 0 bridgehead atoms. The van der Waals surface area contributed by atoms with Crippen LogP contribution in [0, 0.1) is 5.92 Å². The Morgan fingerprint density at radius 2 is 2.24 bits per heavy atom. The highest BCUT2D eigenvalue weighted by molar-refractivity contribution is 5.78. The number of nitrogens with zero attached hydrogens (tertiary/aromatic N) is 3. The predicted octanol–water partition coefficient (Wildman–Crippen LogP) is 0.284. The van der Waals surface area contributed by atoms with E-state index in [1.54, 1.807) is 0 Å². The van der Waals surface area contributed by atoms with Crippen molar-refractivity contribution in [2.75, 3.05) is 39.4 Å². The third-order valence-corrected chi connectivity index (χ3v) is 4.40. The van der Waals surface area contributed by atoms with Crippen molar-refractivity contribution in [1.82, 2.24) is 19.8 Å². The molecule has 6 heteroatoms. The van der Waals surface area contributed by atoms with E-state index in [9.17, 15) is 4.79 Å². The second-order valence-electron chi connectivity index (χ2n) is 5.87. The normalized spacial score (nSPS) is 22.8. The van der Waals surface area contributed by atoms with Gasteiger partial charge in [-0.3, -0.25) is 9.69 Å². The lowest BCUT2D eigenvalue weighted by Crippen LogP contribution is -2.39. The fourth-order valence-corrected chi connectivity index (χ4v) is 3.08. The maximum atomic E-state index is 12.2. The standard InChI is InChI=1S/C15H24N4O2/c20-15(13-2-5-19-12-16-11-14(19)10-13)17-3-1-4-18-6-8-21-9-7-18/h11-13H,1-10H2,(H,17,20). The number of ether oxygens (including phenoxy) is 1. The van der Waals surface area contributed by atoms with Crippen LogP contribution >= 0.6 is 0 Å². The quantitative estimate of drug-likeness (QED) is 0.792. The van der Waals surface area contributed by atoms with Crippen LogP contribution in [0.15, 0.2) is 12.5 Å². The van der Waals surface area contributed by atoms with Gasteiger partial charge in [0.15, 0.2) is 0 Å². The van der Waals surface area contributed by atoms with Crippen LogP contribution in [0.5, 0.6) is 0 Å². The molecule has 1 amide bonds. The Bertz CT molecular complexity index is 468. The molecule has 1 saturated heterocycles. The number of carbonyl (C=O) groups is 1. The average Bonchev–Trinajstić information content (AvgIpc) is 3.00. The lowest BCUT2D eigenvalue weighted by atomic mass is 9.95. The number of hydrogen-bond donors (Lipinski definition) is 1. The summed E-state index contributed by atoms with van der Waals surface area (Å²) in [5, 5.41) is 3.09. The van der Waals surface area contributed by atoms with E-state index in [2.05, 4.69) is 19.8 Å². The topological polar surface area (TPSA) is 59.4 Å². The summed E-state index contributed by atoms with van der Waals surface area (Å²) >= 11 is 0. The van der Waals surface area contributed by atoms with Crippen molar-refractivity contribution in [3.8, 4) is 0 Å². The molecule has 6 nitrogen and oxygen atoms in total. The zero-order valence-corrected chi connectivity index (χ0v) is 12.5. The van der Waals surface area contributed by atoms with Gasteiger partial charge in [0.1, 0.15) is 0 Å². The summed E-state index contributed by atoms with van der Waals surface area (Å²) in [5.41, 5.74) is 1.18. The number of carbonyl (C=O) groups excluding carboxylic acids is 1. The molecule has 116 valence electrons. The fourth-order valence-electron chi connectivity index (χ4n) is 3.08. The van der Waals surface area contributed by atoms with Crippen LogP contribution in [0.1, 0.15) is 18.5 Å². The Kier molecular flexibility index (Phi) is 4.87. The van der Waals surface area contributed by atoms with Crippen LogP contribution in [0.4, 0.5) is 0 Å². The van der Waals surface area contributed by atoms with Crippen molar-refractivity contribution >= 4 is 5.91 Å². The second-order valence-corrected chi connectivity index (χ2v) is 5.87. The van der Waals surface area contributed by atoms with Crippen molar-refractivity contribution in [2.45, 2.75) is 25.8 Å². The molecule has 0 radical (unpaired) electrons. The first-order chi connectivity index (χ1) is 10.3. The number of hydrogen-bond acceptors (Lipinski definition) is 4. The van der Waals surface area contributed by atoms with Crippen molar-refractivity contribution in [3.63, 3.8) is 0 Å². The van der Waals surface area contributed by atoms with Crippen molar-refractivity contribution in [3.05, 3.63) is 18.2 Å². The monoisotopic (exact) mass is 292 g/mol. The number of rotatable bonds is 5. The molecular weight excluding hydrogens is 268 g/mol.